The number of phenolic OH excluding ortho intramolecular Hbond substituents is 2. The maximum atomic E-state index is 11.0. The number of benzene rings is 1. The Bertz CT molecular complexity index is 647. The molecule has 3 atom stereocenters. The largest absolute Gasteiger partial charge is 0.508 e. The van der Waals surface area contributed by atoms with Crippen LogP contribution in [0.15, 0.2) is 12.1 Å². The smallest absolute Gasteiger partial charge is 0.123 e. The Hall–Kier alpha value is -0.520. The second kappa shape index (κ2) is 10.2. The van der Waals surface area contributed by atoms with E-state index in [0.717, 1.165) is 36.3 Å². The number of hydrogen-bond acceptors (Lipinski definition) is 5. The molecule has 3 N–H and O–H groups in total. The maximum Gasteiger partial charge on any atom is 0.123 e. The molecule has 0 spiro atoms. The fourth-order valence-corrected chi connectivity index (χ4v) is 8.52. The summed E-state index contributed by atoms with van der Waals surface area (Å²) >= 11 is 3.93. The van der Waals surface area contributed by atoms with Crippen LogP contribution in [0.25, 0.3) is 0 Å². The van der Waals surface area contributed by atoms with Crippen LogP contribution >= 0.6 is 23.5 Å². The molecule has 1 saturated heterocycles. The van der Waals surface area contributed by atoms with Gasteiger partial charge in [0.25, 0.3) is 0 Å². The lowest BCUT2D eigenvalue weighted by molar-refractivity contribution is 0.0782. The summed E-state index contributed by atoms with van der Waals surface area (Å²) in [5, 5.41) is 32.3. The van der Waals surface area contributed by atoms with Gasteiger partial charge in [-0.15, -0.1) is 23.5 Å². The van der Waals surface area contributed by atoms with Crippen LogP contribution in [0.5, 0.6) is 11.5 Å². The van der Waals surface area contributed by atoms with E-state index < -0.39 is 0 Å². The van der Waals surface area contributed by atoms with Crippen molar-refractivity contribution in [1.29, 1.82) is 0 Å². The molecule has 2 fully saturated rings. The van der Waals surface area contributed by atoms with Gasteiger partial charge in [-0.1, -0.05) is 46.5 Å². The molecule has 0 bridgehead atoms. The van der Waals surface area contributed by atoms with E-state index in [2.05, 4.69) is 20.8 Å². The third-order valence-electron chi connectivity index (χ3n) is 6.79. The van der Waals surface area contributed by atoms with Crippen LogP contribution in [0, 0.1) is 11.8 Å². The zero-order valence-corrected chi connectivity index (χ0v) is 19.8. The average Bonchev–Trinajstić information content (AvgIpc) is 3.15. The monoisotopic (exact) mass is 438 g/mol. The first-order valence-electron chi connectivity index (χ1n) is 11.4. The van der Waals surface area contributed by atoms with E-state index in [0.29, 0.717) is 23.8 Å². The van der Waals surface area contributed by atoms with Gasteiger partial charge >= 0.3 is 0 Å². The molecule has 0 amide bonds. The third-order valence-corrected chi connectivity index (χ3v) is 10.4. The molecule has 29 heavy (non-hydrogen) atoms. The van der Waals surface area contributed by atoms with Crippen LogP contribution in [0.2, 0.25) is 0 Å². The van der Waals surface area contributed by atoms with Gasteiger partial charge < -0.3 is 15.3 Å². The highest BCUT2D eigenvalue weighted by molar-refractivity contribution is 8.20. The first-order valence-corrected chi connectivity index (χ1v) is 13.4. The summed E-state index contributed by atoms with van der Waals surface area (Å²) in [7, 11) is 0. The molecule has 1 aliphatic carbocycles. The molecule has 3 rings (SSSR count). The van der Waals surface area contributed by atoms with Gasteiger partial charge in [0.1, 0.15) is 11.5 Å². The maximum absolute atomic E-state index is 11.0. The van der Waals surface area contributed by atoms with Crippen molar-refractivity contribution in [2.24, 2.45) is 11.8 Å². The molecule has 3 nitrogen and oxygen atoms in total. The van der Waals surface area contributed by atoms with Gasteiger partial charge in [-0.25, -0.2) is 0 Å². The van der Waals surface area contributed by atoms with Gasteiger partial charge in [-0.05, 0) is 61.1 Å². The summed E-state index contributed by atoms with van der Waals surface area (Å²) in [5.41, 5.74) is 1.71. The number of rotatable bonds is 8. The Morgan fingerprint density at radius 2 is 1.69 bits per heavy atom. The Morgan fingerprint density at radius 3 is 2.28 bits per heavy atom. The highest BCUT2D eigenvalue weighted by atomic mass is 32.2. The number of hydrogen-bond donors (Lipinski definition) is 3. The van der Waals surface area contributed by atoms with Gasteiger partial charge in [-0.3, -0.25) is 0 Å². The van der Waals surface area contributed by atoms with Crippen LogP contribution in [0.1, 0.15) is 89.2 Å². The molecular weight excluding hydrogens is 400 g/mol. The Labute approximate surface area is 185 Å². The number of thioether (sulfide) groups is 2. The van der Waals surface area contributed by atoms with E-state index in [1.54, 1.807) is 0 Å². The fourth-order valence-electron chi connectivity index (χ4n) is 5.22. The van der Waals surface area contributed by atoms with Crippen molar-refractivity contribution in [3.8, 4) is 11.5 Å². The molecule has 1 heterocycles. The molecule has 1 aliphatic heterocycles. The Morgan fingerprint density at radius 1 is 1.03 bits per heavy atom. The highest BCUT2D eigenvalue weighted by Crippen LogP contribution is 2.57. The molecule has 1 aromatic carbocycles. The van der Waals surface area contributed by atoms with E-state index in [-0.39, 0.29) is 27.6 Å². The van der Waals surface area contributed by atoms with Gasteiger partial charge in [-0.2, -0.15) is 0 Å². The van der Waals surface area contributed by atoms with Crippen LogP contribution in [0.3, 0.4) is 0 Å². The Balaban J connectivity index is 1.89. The number of aromatic hydroxyl groups is 2. The molecule has 5 heteroatoms. The highest BCUT2D eigenvalue weighted by Gasteiger charge is 2.40. The first kappa shape index (κ1) is 23.1. The van der Waals surface area contributed by atoms with E-state index >= 15 is 0 Å². The summed E-state index contributed by atoms with van der Waals surface area (Å²) in [6.45, 7) is 6.64. The quantitative estimate of drug-likeness (QED) is 0.399. The van der Waals surface area contributed by atoms with Crippen LogP contribution in [0.4, 0.5) is 0 Å². The van der Waals surface area contributed by atoms with E-state index in [1.165, 1.54) is 25.7 Å². The van der Waals surface area contributed by atoms with E-state index in [4.69, 9.17) is 0 Å². The van der Waals surface area contributed by atoms with Crippen LogP contribution in [-0.4, -0.2) is 32.9 Å². The molecule has 1 saturated carbocycles. The molecule has 0 radical (unpaired) electrons. The van der Waals surface area contributed by atoms with Crippen molar-refractivity contribution < 1.29 is 15.3 Å². The topological polar surface area (TPSA) is 60.7 Å². The first-order chi connectivity index (χ1) is 13.9. The zero-order valence-electron chi connectivity index (χ0n) is 18.2. The average molecular weight is 439 g/mol. The molecule has 2 aliphatic rings. The zero-order chi connectivity index (χ0) is 21.0. The lowest BCUT2D eigenvalue weighted by Crippen LogP contribution is -2.29. The SMILES string of the molecule is CCCCCCC1(c2cc(O)c([C@@H]3C[C@H](O)CC[C@H]3C(C)C)c(O)c2)SCCS1. The van der Waals surface area contributed by atoms with E-state index in [9.17, 15) is 15.3 Å². The second-order valence-electron chi connectivity index (χ2n) is 9.17. The minimum atomic E-state index is -0.348. The summed E-state index contributed by atoms with van der Waals surface area (Å²) in [6.07, 6.45) is 8.03. The van der Waals surface area contributed by atoms with Crippen LogP contribution in [-0.2, 0) is 4.08 Å². The Kier molecular flexibility index (Phi) is 8.14. The van der Waals surface area contributed by atoms with Gasteiger partial charge in [0.15, 0.2) is 0 Å². The molecule has 0 unspecified atom stereocenters. The number of aliphatic hydroxyl groups excluding tert-OH is 1. The predicted octanol–water partition coefficient (Wildman–Crippen LogP) is 6.60. The minimum Gasteiger partial charge on any atom is -0.508 e. The summed E-state index contributed by atoms with van der Waals surface area (Å²) < 4.78 is -0.0508. The molecular formula is C24H38O3S2. The lowest BCUT2D eigenvalue weighted by Gasteiger charge is -2.38. The number of aliphatic hydroxyl groups is 1. The molecule has 0 aromatic heterocycles. The number of unbranched alkanes of at least 4 members (excludes halogenated alkanes) is 3. The number of phenols is 2. The summed E-state index contributed by atoms with van der Waals surface area (Å²) in [6, 6.07) is 3.83. The predicted molar refractivity (Wildman–Crippen MR) is 126 cm³/mol. The van der Waals surface area contributed by atoms with Crippen molar-refractivity contribution in [3.05, 3.63) is 23.3 Å². The normalized spacial score (nSPS) is 26.9. The lowest BCUT2D eigenvalue weighted by atomic mass is 9.69. The second-order valence-corrected chi connectivity index (χ2v) is 12.2. The summed E-state index contributed by atoms with van der Waals surface area (Å²) in [4.78, 5) is 0. The van der Waals surface area contributed by atoms with Gasteiger partial charge in [0.2, 0.25) is 0 Å². The third kappa shape index (κ3) is 5.22. The fraction of sp³-hybridized carbons (Fsp3) is 0.750. The standard InChI is InChI=1S/C24H38O3S2/c1-4-5-6-7-10-24(28-11-12-29-24)17-13-21(26)23(22(27)14-17)20-15-18(25)8-9-19(20)16(2)3/h13-14,16,18-20,25-27H,4-12,15H2,1-3H3/t18-,19+,20-/m1/s1. The summed E-state index contributed by atoms with van der Waals surface area (Å²) in [5.74, 6) is 3.50. The molecule has 164 valence electrons. The van der Waals surface area contributed by atoms with Crippen molar-refractivity contribution in [3.63, 3.8) is 0 Å². The van der Waals surface area contributed by atoms with E-state index in [1.807, 2.05) is 35.7 Å². The minimum absolute atomic E-state index is 0.0113. The molecule has 1 aromatic rings. The van der Waals surface area contributed by atoms with Crippen molar-refractivity contribution in [1.82, 2.24) is 0 Å². The van der Waals surface area contributed by atoms with Crippen molar-refractivity contribution in [2.75, 3.05) is 11.5 Å². The van der Waals surface area contributed by atoms with Crippen molar-refractivity contribution >= 4 is 23.5 Å². The van der Waals surface area contributed by atoms with Gasteiger partial charge in [0, 0.05) is 17.1 Å². The van der Waals surface area contributed by atoms with Crippen LogP contribution < -0.4 is 0 Å². The van der Waals surface area contributed by atoms with Crippen molar-refractivity contribution in [2.45, 2.75) is 88.2 Å². The van der Waals surface area contributed by atoms with Gasteiger partial charge in [0.05, 0.1) is 10.2 Å².